The van der Waals surface area contributed by atoms with Crippen LogP contribution in [-0.2, 0) is 16.1 Å². The third-order valence-electron chi connectivity index (χ3n) is 4.10. The first-order valence-electron chi connectivity index (χ1n) is 7.50. The summed E-state index contributed by atoms with van der Waals surface area (Å²) in [4.78, 5) is 18.9. The third-order valence-corrected chi connectivity index (χ3v) is 4.10. The first kappa shape index (κ1) is 14.3. The predicted molar refractivity (Wildman–Crippen MR) is 80.0 cm³/mol. The number of ether oxygens (including phenoxy) is 1. The van der Waals surface area contributed by atoms with Crippen LogP contribution in [0.25, 0.3) is 0 Å². The van der Waals surface area contributed by atoms with Gasteiger partial charge in [0.05, 0.1) is 13.2 Å². The summed E-state index contributed by atoms with van der Waals surface area (Å²) in [7, 11) is 0. The largest absolute Gasteiger partial charge is 0.377 e. The minimum atomic E-state index is -0.320. The molecule has 0 bridgehead atoms. The molecule has 2 fully saturated rings. The summed E-state index contributed by atoms with van der Waals surface area (Å²) in [6, 6.07) is 1.98. The Balaban J connectivity index is 1.86. The van der Waals surface area contributed by atoms with Gasteiger partial charge < -0.3 is 20.7 Å². The molecule has 1 aliphatic heterocycles. The lowest BCUT2D eigenvalue weighted by atomic mass is 10.1. The summed E-state index contributed by atoms with van der Waals surface area (Å²) >= 11 is 0. The van der Waals surface area contributed by atoms with Gasteiger partial charge in [0.15, 0.2) is 0 Å². The summed E-state index contributed by atoms with van der Waals surface area (Å²) < 4.78 is 5.50. The van der Waals surface area contributed by atoms with Gasteiger partial charge >= 0.3 is 0 Å². The average Bonchev–Trinajstić information content (AvgIpc) is 3.31. The fourth-order valence-corrected chi connectivity index (χ4v) is 2.67. The minimum absolute atomic E-state index is 0.0310. The van der Waals surface area contributed by atoms with Crippen molar-refractivity contribution in [3.8, 4) is 0 Å². The van der Waals surface area contributed by atoms with E-state index < -0.39 is 0 Å². The van der Waals surface area contributed by atoms with E-state index in [0.29, 0.717) is 32.3 Å². The van der Waals surface area contributed by atoms with Crippen LogP contribution in [-0.4, -0.2) is 42.7 Å². The molecule has 1 amide bonds. The van der Waals surface area contributed by atoms with Gasteiger partial charge in [0.1, 0.15) is 11.9 Å². The second kappa shape index (κ2) is 5.99. The molecule has 3 rings (SSSR count). The molecule has 6 nitrogen and oxygen atoms in total. The van der Waals surface area contributed by atoms with Crippen molar-refractivity contribution < 1.29 is 9.53 Å². The number of nitrogens with two attached hydrogens (primary N) is 1. The number of morpholine rings is 1. The van der Waals surface area contributed by atoms with E-state index in [0.717, 1.165) is 29.8 Å². The molecule has 1 atom stereocenters. The fourth-order valence-electron chi connectivity index (χ4n) is 2.67. The molecule has 1 aliphatic carbocycles. The van der Waals surface area contributed by atoms with Crippen LogP contribution >= 0.6 is 0 Å². The maximum absolute atomic E-state index is 12.4. The van der Waals surface area contributed by atoms with Gasteiger partial charge in [-0.25, -0.2) is 4.98 Å². The average molecular weight is 290 g/mol. The van der Waals surface area contributed by atoms with Crippen molar-refractivity contribution in [1.82, 2.24) is 10.3 Å². The molecule has 0 radical (unpaired) electrons. The number of nitrogens with one attached hydrogen (secondary N) is 1. The minimum Gasteiger partial charge on any atom is -0.377 e. The number of pyridine rings is 1. The van der Waals surface area contributed by atoms with Crippen molar-refractivity contribution >= 4 is 11.7 Å². The number of carbonyl (C=O) groups is 1. The second-order valence-corrected chi connectivity index (χ2v) is 5.70. The van der Waals surface area contributed by atoms with Crippen LogP contribution in [0.1, 0.15) is 24.0 Å². The zero-order valence-corrected chi connectivity index (χ0v) is 12.3. The zero-order chi connectivity index (χ0) is 14.8. The first-order chi connectivity index (χ1) is 10.2. The molecule has 1 aromatic heterocycles. The highest BCUT2D eigenvalue weighted by Gasteiger charge is 2.34. The van der Waals surface area contributed by atoms with Crippen molar-refractivity contribution in [3.63, 3.8) is 0 Å². The smallest absolute Gasteiger partial charge is 0.245 e. The lowest BCUT2D eigenvalue weighted by molar-refractivity contribution is -0.124. The predicted octanol–water partition coefficient (Wildman–Crippen LogP) is 0.333. The fraction of sp³-hybridized carbons (Fsp3) is 0.600. The number of nitrogens with zero attached hydrogens (tertiary/aromatic N) is 2. The Labute approximate surface area is 124 Å². The van der Waals surface area contributed by atoms with Crippen LogP contribution in [0.2, 0.25) is 0 Å². The molecule has 1 saturated carbocycles. The highest BCUT2D eigenvalue weighted by atomic mass is 16.5. The summed E-state index contributed by atoms with van der Waals surface area (Å²) in [5.74, 6) is 0.847. The van der Waals surface area contributed by atoms with E-state index in [9.17, 15) is 4.79 Å². The van der Waals surface area contributed by atoms with Crippen molar-refractivity contribution in [2.45, 2.75) is 38.4 Å². The molecule has 1 aromatic rings. The number of hydrogen-bond donors (Lipinski definition) is 2. The van der Waals surface area contributed by atoms with Crippen LogP contribution < -0.4 is 16.0 Å². The van der Waals surface area contributed by atoms with Crippen LogP contribution in [0.3, 0.4) is 0 Å². The van der Waals surface area contributed by atoms with Crippen LogP contribution in [0.5, 0.6) is 0 Å². The lowest BCUT2D eigenvalue weighted by Crippen LogP contribution is -2.55. The summed E-state index contributed by atoms with van der Waals surface area (Å²) in [5, 5.41) is 3.06. The molecule has 0 aromatic carbocycles. The van der Waals surface area contributed by atoms with Crippen LogP contribution in [0.4, 0.5) is 5.82 Å². The Hall–Kier alpha value is -1.66. The SMILES string of the molecule is Cc1ccnc(N2CCOCC2C(=O)NC2CC2)c1CN. The summed E-state index contributed by atoms with van der Waals surface area (Å²) in [5.41, 5.74) is 7.98. The highest BCUT2D eigenvalue weighted by molar-refractivity contribution is 5.86. The summed E-state index contributed by atoms with van der Waals surface area (Å²) in [6.45, 7) is 4.10. The normalized spacial score (nSPS) is 22.2. The standard InChI is InChI=1S/C15H22N4O2/c1-10-4-5-17-14(12(10)8-16)19-6-7-21-9-13(19)15(20)18-11-2-3-11/h4-5,11,13H,2-3,6-9,16H2,1H3,(H,18,20). The number of aromatic nitrogens is 1. The molecule has 1 saturated heterocycles. The van der Waals surface area contributed by atoms with Gasteiger partial charge in [0, 0.05) is 30.9 Å². The molecule has 2 aliphatic rings. The van der Waals surface area contributed by atoms with E-state index in [2.05, 4.69) is 10.3 Å². The molecule has 114 valence electrons. The number of hydrogen-bond acceptors (Lipinski definition) is 5. The maximum atomic E-state index is 12.4. The Morgan fingerprint density at radius 3 is 3.10 bits per heavy atom. The van der Waals surface area contributed by atoms with Crippen LogP contribution in [0, 0.1) is 6.92 Å². The van der Waals surface area contributed by atoms with Crippen molar-refractivity contribution in [2.75, 3.05) is 24.7 Å². The Morgan fingerprint density at radius 1 is 1.57 bits per heavy atom. The first-order valence-corrected chi connectivity index (χ1v) is 7.50. The molecule has 0 spiro atoms. The van der Waals surface area contributed by atoms with Gasteiger partial charge in [-0.05, 0) is 31.4 Å². The van der Waals surface area contributed by atoms with Gasteiger partial charge in [0.2, 0.25) is 5.91 Å². The highest BCUT2D eigenvalue weighted by Crippen LogP contribution is 2.25. The molecular formula is C15H22N4O2. The van der Waals surface area contributed by atoms with Gasteiger partial charge in [-0.3, -0.25) is 4.79 Å². The molecule has 3 N–H and O–H groups in total. The van der Waals surface area contributed by atoms with Crippen molar-refractivity contribution in [1.29, 1.82) is 0 Å². The maximum Gasteiger partial charge on any atom is 0.245 e. The van der Waals surface area contributed by atoms with E-state index in [1.54, 1.807) is 6.20 Å². The number of carbonyl (C=O) groups excluding carboxylic acids is 1. The number of anilines is 1. The number of rotatable bonds is 4. The quantitative estimate of drug-likeness (QED) is 0.835. The Bertz CT molecular complexity index is 530. The monoisotopic (exact) mass is 290 g/mol. The molecule has 2 heterocycles. The number of amides is 1. The van der Waals surface area contributed by atoms with E-state index >= 15 is 0 Å². The van der Waals surface area contributed by atoms with Gasteiger partial charge in [-0.2, -0.15) is 0 Å². The Kier molecular flexibility index (Phi) is 4.07. The molecule has 21 heavy (non-hydrogen) atoms. The molecule has 6 heteroatoms. The number of aryl methyl sites for hydroxylation is 1. The van der Waals surface area contributed by atoms with E-state index in [4.69, 9.17) is 10.5 Å². The van der Waals surface area contributed by atoms with Crippen molar-refractivity contribution in [2.24, 2.45) is 5.73 Å². The van der Waals surface area contributed by atoms with E-state index in [1.807, 2.05) is 17.9 Å². The van der Waals surface area contributed by atoms with Crippen molar-refractivity contribution in [3.05, 3.63) is 23.4 Å². The Morgan fingerprint density at radius 2 is 2.38 bits per heavy atom. The second-order valence-electron chi connectivity index (χ2n) is 5.70. The third kappa shape index (κ3) is 3.01. The van der Waals surface area contributed by atoms with E-state index in [1.165, 1.54) is 0 Å². The zero-order valence-electron chi connectivity index (χ0n) is 12.3. The topological polar surface area (TPSA) is 80.5 Å². The lowest BCUT2D eigenvalue weighted by Gasteiger charge is -2.36. The van der Waals surface area contributed by atoms with Gasteiger partial charge in [-0.1, -0.05) is 0 Å². The van der Waals surface area contributed by atoms with Gasteiger partial charge in [-0.15, -0.1) is 0 Å². The van der Waals surface area contributed by atoms with Crippen LogP contribution in [0.15, 0.2) is 12.3 Å². The molecule has 1 unspecified atom stereocenters. The summed E-state index contributed by atoms with van der Waals surface area (Å²) in [6.07, 6.45) is 3.93. The van der Waals surface area contributed by atoms with E-state index in [-0.39, 0.29) is 11.9 Å². The molecular weight excluding hydrogens is 268 g/mol. The van der Waals surface area contributed by atoms with Gasteiger partial charge in [0.25, 0.3) is 0 Å².